The van der Waals surface area contributed by atoms with Gasteiger partial charge in [-0.3, -0.25) is 4.18 Å². The van der Waals surface area contributed by atoms with Gasteiger partial charge >= 0.3 is 10.3 Å². The molecule has 0 aliphatic heterocycles. The highest BCUT2D eigenvalue weighted by atomic mass is 32.2. The Balaban J connectivity index is 3.59. The minimum Gasteiger partial charge on any atom is -0.529 e. The highest BCUT2D eigenvalue weighted by Crippen LogP contribution is 2.12. The van der Waals surface area contributed by atoms with Crippen molar-refractivity contribution in [2.24, 2.45) is 0 Å². The topological polar surface area (TPSA) is 95.5 Å². The summed E-state index contributed by atoms with van der Waals surface area (Å²) in [6.07, 6.45) is 7.48. The average Bonchev–Trinajstić information content (AvgIpc) is 2.30. The normalized spacial score (nSPS) is 13.1. The van der Waals surface area contributed by atoms with Crippen molar-refractivity contribution in [2.45, 2.75) is 77.7 Å². The molecule has 120 valence electrons. The first-order valence-corrected chi connectivity index (χ1v) is 8.70. The largest absolute Gasteiger partial charge is 0.529 e. The van der Waals surface area contributed by atoms with Crippen molar-refractivity contribution >= 4 is 16.4 Å². The maximum atomic E-state index is 11.1. The predicted octanol–water partition coefficient (Wildman–Crippen LogP) is 2.10. The Morgan fingerprint density at radius 3 is 2.10 bits per heavy atom. The summed E-state index contributed by atoms with van der Waals surface area (Å²) in [7, 11) is -4.25. The lowest BCUT2D eigenvalue weighted by molar-refractivity contribution is -0.248. The fourth-order valence-corrected chi connectivity index (χ4v) is 2.74. The number of carboxylic acid groups (broad SMARTS) is 1. The van der Waals surface area contributed by atoms with E-state index in [4.69, 9.17) is 0 Å². The van der Waals surface area contributed by atoms with Gasteiger partial charge in [0.25, 0.3) is 0 Å². The van der Waals surface area contributed by atoms with Crippen LogP contribution in [-0.2, 0) is 14.5 Å². The number of carbonyl (C=O) groups is 1. The quantitative estimate of drug-likeness (QED) is 0.557. The zero-order valence-electron chi connectivity index (χ0n) is 12.4. The fraction of sp³-hybridized carbons (Fsp3) is 0.923. The van der Waals surface area contributed by atoms with E-state index in [-0.39, 0.29) is 0 Å². The molecule has 0 saturated carbocycles. The van der Waals surface area contributed by atoms with Crippen LogP contribution in [0.5, 0.6) is 0 Å². The van der Waals surface area contributed by atoms with Gasteiger partial charge in [0.05, 0.1) is 6.10 Å². The van der Waals surface area contributed by atoms with Crippen molar-refractivity contribution in [2.75, 3.05) is 0 Å². The van der Waals surface area contributed by atoms with E-state index in [1.165, 1.54) is 36.8 Å². The Morgan fingerprint density at radius 1 is 1.10 bits per heavy atom. The average molecular weight is 308 g/mol. The van der Waals surface area contributed by atoms with Crippen molar-refractivity contribution in [1.29, 1.82) is 0 Å². The zero-order valence-corrected chi connectivity index (χ0v) is 13.2. The third-order valence-corrected chi connectivity index (χ3v) is 3.96. The van der Waals surface area contributed by atoms with Gasteiger partial charge in [0.15, 0.2) is 0 Å². The van der Waals surface area contributed by atoms with E-state index < -0.39 is 22.5 Å². The van der Waals surface area contributed by atoms with Crippen LogP contribution >= 0.6 is 0 Å². The highest BCUT2D eigenvalue weighted by molar-refractivity contribution is 7.85. The molecular formula is C13H26NO5S-. The Kier molecular flexibility index (Phi) is 10.5. The van der Waals surface area contributed by atoms with Crippen molar-refractivity contribution in [3.05, 3.63) is 0 Å². The molecule has 0 fully saturated rings. The number of unbranched alkanes of at least 4 members (excludes halogenated alkanes) is 7. The van der Waals surface area contributed by atoms with E-state index in [0.717, 1.165) is 19.3 Å². The molecule has 0 heterocycles. The lowest BCUT2D eigenvalue weighted by atomic mass is 10.1. The van der Waals surface area contributed by atoms with Gasteiger partial charge in [0.1, 0.15) is 6.09 Å². The molecule has 0 aromatic rings. The number of rotatable bonds is 12. The standard InChI is InChI=1S/C13H27NO5S/c1-3-4-5-6-7-8-9-10-11-12(2)19-20(17,18)14-13(15)16/h12,14H,3-11H2,1-2H3,(H,15,16)/p-1. The summed E-state index contributed by atoms with van der Waals surface area (Å²) in [5.74, 6) is 0. The molecule has 0 aromatic carbocycles. The predicted molar refractivity (Wildman–Crippen MR) is 75.2 cm³/mol. The van der Waals surface area contributed by atoms with Crippen molar-refractivity contribution in [1.82, 2.24) is 4.72 Å². The van der Waals surface area contributed by atoms with Gasteiger partial charge in [-0.05, 0) is 13.3 Å². The molecule has 0 spiro atoms. The molecule has 1 amide bonds. The van der Waals surface area contributed by atoms with Gasteiger partial charge in [0.2, 0.25) is 0 Å². The van der Waals surface area contributed by atoms with Crippen LogP contribution < -0.4 is 9.83 Å². The van der Waals surface area contributed by atoms with Crippen molar-refractivity contribution < 1.29 is 22.5 Å². The smallest absolute Gasteiger partial charge is 0.361 e. The summed E-state index contributed by atoms with van der Waals surface area (Å²) in [6, 6.07) is 0. The summed E-state index contributed by atoms with van der Waals surface area (Å²) in [5.41, 5.74) is 0. The molecule has 1 atom stereocenters. The van der Waals surface area contributed by atoms with Gasteiger partial charge in [-0.15, -0.1) is 0 Å². The van der Waals surface area contributed by atoms with Gasteiger partial charge in [0, 0.05) is 0 Å². The molecule has 0 rings (SSSR count). The molecule has 0 bridgehead atoms. The molecule has 6 nitrogen and oxygen atoms in total. The number of hydrogen-bond acceptors (Lipinski definition) is 5. The van der Waals surface area contributed by atoms with Gasteiger partial charge in [-0.25, -0.2) is 4.72 Å². The molecular weight excluding hydrogens is 282 g/mol. The van der Waals surface area contributed by atoms with Crippen LogP contribution in [0.3, 0.4) is 0 Å². The van der Waals surface area contributed by atoms with E-state index in [1.807, 2.05) is 0 Å². The Labute approximate surface area is 122 Å². The third kappa shape index (κ3) is 12.2. The number of nitrogens with one attached hydrogen (secondary N) is 1. The van der Waals surface area contributed by atoms with E-state index in [0.29, 0.717) is 6.42 Å². The number of carbonyl (C=O) groups excluding carboxylic acids is 1. The van der Waals surface area contributed by atoms with Crippen molar-refractivity contribution in [3.8, 4) is 0 Å². The minimum absolute atomic E-state index is 0.535. The highest BCUT2D eigenvalue weighted by Gasteiger charge is 2.15. The lowest BCUT2D eigenvalue weighted by Gasteiger charge is -2.14. The summed E-state index contributed by atoms with van der Waals surface area (Å²) >= 11 is 0. The second kappa shape index (κ2) is 10.9. The SMILES string of the molecule is CCCCCCCCCCC(C)OS(=O)(=O)NC(=O)[O-]. The first-order chi connectivity index (χ1) is 9.37. The minimum atomic E-state index is -4.25. The Hall–Kier alpha value is -0.820. The van der Waals surface area contributed by atoms with Gasteiger partial charge in [-0.1, -0.05) is 58.3 Å². The van der Waals surface area contributed by atoms with Crippen LogP contribution in [0, 0.1) is 0 Å². The van der Waals surface area contributed by atoms with E-state index >= 15 is 0 Å². The van der Waals surface area contributed by atoms with Crippen LogP contribution in [0.2, 0.25) is 0 Å². The fourth-order valence-electron chi connectivity index (χ4n) is 1.96. The summed E-state index contributed by atoms with van der Waals surface area (Å²) < 4.78 is 28.1. The molecule has 0 radical (unpaired) electrons. The molecule has 0 saturated heterocycles. The van der Waals surface area contributed by atoms with E-state index in [2.05, 4.69) is 11.1 Å². The number of hydrogen-bond donors (Lipinski definition) is 1. The van der Waals surface area contributed by atoms with E-state index in [1.54, 1.807) is 6.92 Å². The first kappa shape index (κ1) is 19.2. The van der Waals surface area contributed by atoms with Crippen LogP contribution in [0.25, 0.3) is 0 Å². The van der Waals surface area contributed by atoms with Crippen LogP contribution in [0.1, 0.15) is 71.6 Å². The van der Waals surface area contributed by atoms with Gasteiger partial charge < -0.3 is 9.90 Å². The third-order valence-electron chi connectivity index (χ3n) is 2.96. The summed E-state index contributed by atoms with van der Waals surface area (Å²) in [6.45, 7) is 3.79. The molecule has 20 heavy (non-hydrogen) atoms. The van der Waals surface area contributed by atoms with Crippen molar-refractivity contribution in [3.63, 3.8) is 0 Å². The maximum absolute atomic E-state index is 11.1. The zero-order chi connectivity index (χ0) is 15.4. The molecule has 1 N–H and O–H groups in total. The van der Waals surface area contributed by atoms with Gasteiger partial charge in [-0.2, -0.15) is 8.42 Å². The maximum Gasteiger partial charge on any atom is 0.361 e. The molecule has 7 heteroatoms. The molecule has 1 unspecified atom stereocenters. The van der Waals surface area contributed by atoms with E-state index in [9.17, 15) is 18.3 Å². The molecule has 0 aromatic heterocycles. The first-order valence-electron chi connectivity index (χ1n) is 7.29. The van der Waals surface area contributed by atoms with Crippen LogP contribution in [0.15, 0.2) is 0 Å². The number of amides is 1. The second-order valence-corrected chi connectivity index (χ2v) is 6.32. The second-order valence-electron chi connectivity index (χ2n) is 5.01. The van der Waals surface area contributed by atoms with Crippen LogP contribution in [-0.4, -0.2) is 20.6 Å². The lowest BCUT2D eigenvalue weighted by Crippen LogP contribution is -2.42. The molecule has 0 aliphatic carbocycles. The Morgan fingerprint density at radius 2 is 1.60 bits per heavy atom. The van der Waals surface area contributed by atoms with Crippen LogP contribution in [0.4, 0.5) is 4.79 Å². The molecule has 0 aliphatic rings. The monoisotopic (exact) mass is 308 g/mol. The summed E-state index contributed by atoms with van der Waals surface area (Å²) in [5, 5.41) is 10.1. The summed E-state index contributed by atoms with van der Waals surface area (Å²) in [4.78, 5) is 10.1. The Bertz CT molecular complexity index is 356.